The lowest BCUT2D eigenvalue weighted by atomic mass is 10.4. The van der Waals surface area contributed by atoms with Crippen LogP contribution in [0.2, 0.25) is 0 Å². The first-order valence-electron chi connectivity index (χ1n) is 4.73. The Morgan fingerprint density at radius 3 is 1.50 bits per heavy atom. The molecule has 0 rings (SSSR count). The van der Waals surface area contributed by atoms with Crippen LogP contribution in [0.5, 0.6) is 0 Å². The smallest absolute Gasteiger partial charge is 0.232 e. The van der Waals surface area contributed by atoms with Crippen molar-refractivity contribution in [2.45, 2.75) is 9.65 Å². The number of nitrogens with two attached hydrogens (primary N) is 2. The minimum atomic E-state index is -0.394. The molecule has 6 nitrogen and oxygen atoms in total. The molecule has 2 atom stereocenters. The number of halogens is 2. The van der Waals surface area contributed by atoms with Crippen molar-refractivity contribution in [3.8, 4) is 0 Å². The summed E-state index contributed by atoms with van der Waals surface area (Å²) in [5.41, 5.74) is 10.1. The number of amides is 2. The molecule has 0 fully saturated rings. The summed E-state index contributed by atoms with van der Waals surface area (Å²) >= 11 is 6.26. The average molecular weight is 360 g/mol. The van der Waals surface area contributed by atoms with E-state index in [-0.39, 0.29) is 9.65 Å². The number of carbonyl (C=O) groups is 2. The van der Waals surface area contributed by atoms with Crippen molar-refractivity contribution in [3.05, 3.63) is 0 Å². The van der Waals surface area contributed by atoms with E-state index in [4.69, 9.17) is 11.5 Å². The fourth-order valence-corrected chi connectivity index (χ4v) is 1.29. The normalized spacial score (nSPS) is 14.4. The van der Waals surface area contributed by atoms with Gasteiger partial charge in [0, 0.05) is 26.2 Å². The maximum absolute atomic E-state index is 10.6. The molecule has 0 spiro atoms. The van der Waals surface area contributed by atoms with Crippen molar-refractivity contribution in [1.29, 1.82) is 0 Å². The summed E-state index contributed by atoms with van der Waals surface area (Å²) in [5.74, 6) is -0.788. The molecule has 2 amide bonds. The van der Waals surface area contributed by atoms with Crippen molar-refractivity contribution in [1.82, 2.24) is 10.6 Å². The van der Waals surface area contributed by atoms with Crippen LogP contribution in [0.25, 0.3) is 0 Å². The van der Waals surface area contributed by atoms with Gasteiger partial charge < -0.3 is 22.1 Å². The highest BCUT2D eigenvalue weighted by Crippen LogP contribution is 1.95. The second kappa shape index (κ2) is 8.91. The van der Waals surface area contributed by atoms with Crippen LogP contribution in [0.1, 0.15) is 0 Å². The number of primary amides is 2. The predicted molar refractivity (Wildman–Crippen MR) is 69.6 cm³/mol. The number of alkyl halides is 2. The van der Waals surface area contributed by atoms with Gasteiger partial charge in [-0.25, -0.2) is 0 Å². The first-order chi connectivity index (χ1) is 7.45. The molecule has 0 saturated carbocycles. The molecule has 0 heterocycles. The van der Waals surface area contributed by atoms with E-state index in [1.165, 1.54) is 0 Å². The topological polar surface area (TPSA) is 110 Å². The molecular weight excluding hydrogens is 344 g/mol. The van der Waals surface area contributed by atoms with E-state index in [0.717, 1.165) is 0 Å². The SMILES string of the molecule is NC(=O)C(Br)CNCCNCC(Br)C(N)=O. The van der Waals surface area contributed by atoms with Gasteiger partial charge in [-0.2, -0.15) is 0 Å². The second-order valence-electron chi connectivity index (χ2n) is 3.15. The van der Waals surface area contributed by atoms with Crippen molar-refractivity contribution >= 4 is 43.7 Å². The summed E-state index contributed by atoms with van der Waals surface area (Å²) in [5, 5.41) is 6.06. The number of hydrogen-bond donors (Lipinski definition) is 4. The van der Waals surface area contributed by atoms with Gasteiger partial charge in [0.1, 0.15) is 9.65 Å². The Morgan fingerprint density at radius 2 is 1.25 bits per heavy atom. The quantitative estimate of drug-likeness (QED) is 0.302. The fraction of sp³-hybridized carbons (Fsp3) is 0.750. The lowest BCUT2D eigenvalue weighted by molar-refractivity contribution is -0.118. The zero-order valence-electron chi connectivity index (χ0n) is 8.71. The van der Waals surface area contributed by atoms with Crippen LogP contribution in [0.3, 0.4) is 0 Å². The van der Waals surface area contributed by atoms with Gasteiger partial charge in [-0.05, 0) is 0 Å². The van der Waals surface area contributed by atoms with Gasteiger partial charge in [0.15, 0.2) is 0 Å². The van der Waals surface area contributed by atoms with Crippen molar-refractivity contribution in [2.75, 3.05) is 26.2 Å². The zero-order valence-corrected chi connectivity index (χ0v) is 11.9. The van der Waals surface area contributed by atoms with Crippen LogP contribution >= 0.6 is 31.9 Å². The zero-order chi connectivity index (χ0) is 12.6. The van der Waals surface area contributed by atoms with E-state index >= 15 is 0 Å². The maximum atomic E-state index is 10.6. The van der Waals surface area contributed by atoms with E-state index in [9.17, 15) is 9.59 Å². The van der Waals surface area contributed by atoms with Crippen LogP contribution in [-0.2, 0) is 9.59 Å². The number of hydrogen-bond acceptors (Lipinski definition) is 4. The first-order valence-corrected chi connectivity index (χ1v) is 6.56. The molecule has 6 N–H and O–H groups in total. The van der Waals surface area contributed by atoms with E-state index in [1.54, 1.807) is 0 Å². The van der Waals surface area contributed by atoms with Crippen LogP contribution in [0.15, 0.2) is 0 Å². The predicted octanol–water partition coefficient (Wildman–Crippen LogP) is -1.34. The molecule has 0 aromatic carbocycles. The number of nitrogens with one attached hydrogen (secondary N) is 2. The third kappa shape index (κ3) is 8.03. The van der Waals surface area contributed by atoms with Gasteiger partial charge in [-0.15, -0.1) is 0 Å². The van der Waals surface area contributed by atoms with E-state index < -0.39 is 11.8 Å². The van der Waals surface area contributed by atoms with Crippen molar-refractivity contribution < 1.29 is 9.59 Å². The minimum Gasteiger partial charge on any atom is -0.369 e. The van der Waals surface area contributed by atoms with Gasteiger partial charge in [0.25, 0.3) is 0 Å². The molecular formula is C8H16Br2N4O2. The Bertz CT molecular complexity index is 216. The van der Waals surface area contributed by atoms with Crippen molar-refractivity contribution in [2.24, 2.45) is 11.5 Å². The van der Waals surface area contributed by atoms with E-state index in [1.807, 2.05) is 0 Å². The van der Waals surface area contributed by atoms with Crippen LogP contribution < -0.4 is 22.1 Å². The Hall–Kier alpha value is -0.180. The molecule has 8 heteroatoms. The fourth-order valence-electron chi connectivity index (χ4n) is 0.836. The lowest BCUT2D eigenvalue weighted by Gasteiger charge is -2.10. The molecule has 0 bridgehead atoms. The molecule has 0 aromatic rings. The van der Waals surface area contributed by atoms with E-state index in [0.29, 0.717) is 26.2 Å². The first kappa shape index (κ1) is 15.8. The Labute approximate surface area is 111 Å². The van der Waals surface area contributed by atoms with Crippen LogP contribution in [-0.4, -0.2) is 47.6 Å². The molecule has 2 unspecified atom stereocenters. The van der Waals surface area contributed by atoms with Gasteiger partial charge in [-0.1, -0.05) is 31.9 Å². The summed E-state index contributed by atoms with van der Waals surface area (Å²) in [6.45, 7) is 2.30. The summed E-state index contributed by atoms with van der Waals surface area (Å²) in [6.07, 6.45) is 0. The Kier molecular flexibility index (Phi) is 8.81. The van der Waals surface area contributed by atoms with Crippen LogP contribution in [0, 0.1) is 0 Å². The van der Waals surface area contributed by atoms with Gasteiger partial charge in [0.2, 0.25) is 11.8 Å². The van der Waals surface area contributed by atoms with Gasteiger partial charge in [-0.3, -0.25) is 9.59 Å². The van der Waals surface area contributed by atoms with Crippen molar-refractivity contribution in [3.63, 3.8) is 0 Å². The molecule has 0 aliphatic carbocycles. The third-order valence-corrected chi connectivity index (χ3v) is 3.29. The highest BCUT2D eigenvalue weighted by atomic mass is 79.9. The number of rotatable bonds is 9. The summed E-state index contributed by atoms with van der Waals surface area (Å²) in [6, 6.07) is 0. The minimum absolute atomic E-state index is 0.359. The second-order valence-corrected chi connectivity index (χ2v) is 5.36. The highest BCUT2D eigenvalue weighted by molar-refractivity contribution is 9.10. The Balaban J connectivity index is 3.34. The van der Waals surface area contributed by atoms with E-state index in [2.05, 4.69) is 42.5 Å². The largest absolute Gasteiger partial charge is 0.369 e. The molecule has 0 aliphatic heterocycles. The monoisotopic (exact) mass is 358 g/mol. The standard InChI is InChI=1S/C8H16Br2N4O2/c9-5(7(11)15)3-13-1-2-14-4-6(10)8(12)16/h5-6,13-14H,1-4H2,(H2,11,15)(H2,12,16). The molecule has 0 aliphatic rings. The summed E-state index contributed by atoms with van der Waals surface area (Å²) < 4.78 is 0. The van der Waals surface area contributed by atoms with Gasteiger partial charge in [0.05, 0.1) is 0 Å². The number of carbonyl (C=O) groups excluding carboxylic acids is 2. The average Bonchev–Trinajstić information content (AvgIpc) is 2.21. The summed E-state index contributed by atoms with van der Waals surface area (Å²) in [7, 11) is 0. The van der Waals surface area contributed by atoms with Gasteiger partial charge >= 0.3 is 0 Å². The third-order valence-electron chi connectivity index (χ3n) is 1.74. The lowest BCUT2D eigenvalue weighted by Crippen LogP contribution is -2.39. The molecule has 0 saturated heterocycles. The highest BCUT2D eigenvalue weighted by Gasteiger charge is 2.10. The molecule has 0 aromatic heterocycles. The summed E-state index contributed by atoms with van der Waals surface area (Å²) in [4.78, 5) is 20.6. The maximum Gasteiger partial charge on any atom is 0.232 e. The van der Waals surface area contributed by atoms with Crippen LogP contribution in [0.4, 0.5) is 0 Å². The molecule has 94 valence electrons. The Morgan fingerprint density at radius 1 is 0.938 bits per heavy atom. The molecule has 0 radical (unpaired) electrons. The molecule has 16 heavy (non-hydrogen) atoms.